The molecule has 0 aliphatic carbocycles. The monoisotopic (exact) mass is 443 g/mol. The van der Waals surface area contributed by atoms with Gasteiger partial charge in [-0.05, 0) is 42.4 Å². The van der Waals surface area contributed by atoms with Crippen LogP contribution in [-0.4, -0.2) is 16.0 Å². The van der Waals surface area contributed by atoms with E-state index >= 15 is 0 Å². The van der Waals surface area contributed by atoms with Crippen LogP contribution in [0, 0.1) is 6.92 Å². The van der Waals surface area contributed by atoms with Crippen molar-refractivity contribution >= 4 is 29.0 Å². The van der Waals surface area contributed by atoms with Gasteiger partial charge in [-0.2, -0.15) is 13.2 Å². The van der Waals surface area contributed by atoms with Gasteiger partial charge in [0, 0.05) is 11.6 Å². The summed E-state index contributed by atoms with van der Waals surface area (Å²) in [6.45, 7) is 2.06. The van der Waals surface area contributed by atoms with Crippen molar-refractivity contribution in [3.63, 3.8) is 0 Å². The van der Waals surface area contributed by atoms with Crippen molar-refractivity contribution in [3.05, 3.63) is 88.0 Å². The molecule has 2 heterocycles. The number of alkyl halides is 3. The van der Waals surface area contributed by atoms with E-state index in [0.717, 1.165) is 33.9 Å². The van der Waals surface area contributed by atoms with Crippen LogP contribution < -0.4 is 0 Å². The lowest BCUT2D eigenvalue weighted by molar-refractivity contribution is -0.137. The van der Waals surface area contributed by atoms with E-state index in [-0.39, 0.29) is 28.5 Å². The van der Waals surface area contributed by atoms with Gasteiger partial charge in [-0.25, -0.2) is 0 Å². The Morgan fingerprint density at radius 3 is 2.55 bits per heavy atom. The van der Waals surface area contributed by atoms with Crippen LogP contribution in [0.1, 0.15) is 22.5 Å². The number of thioether (sulfide) groups is 1. The van der Waals surface area contributed by atoms with Crippen LogP contribution in [0.5, 0.6) is 0 Å². The first-order valence-electron chi connectivity index (χ1n) is 9.30. The quantitative estimate of drug-likeness (QED) is 0.431. The number of imide groups is 1. The molecular weight excluding hydrogens is 427 g/mol. The smallest absolute Gasteiger partial charge is 0.417 e. The lowest BCUT2D eigenvalue weighted by Crippen LogP contribution is -2.27. The van der Waals surface area contributed by atoms with Crippen LogP contribution in [0.4, 0.5) is 18.0 Å². The standard InChI is InChI=1S/C23H16F3NO3S/c1-14-5-4-6-15(11-14)13-27-21(28)20(31-22(27)29)12-16-9-10-19(30-16)17-7-2-3-8-18(17)23(24,25)26/h2-12H,13H2,1H3/b20-12-. The van der Waals surface area contributed by atoms with E-state index in [1.54, 1.807) is 0 Å². The van der Waals surface area contributed by atoms with Gasteiger partial charge in [-0.15, -0.1) is 0 Å². The molecular formula is C23H16F3NO3S. The van der Waals surface area contributed by atoms with E-state index in [4.69, 9.17) is 4.42 Å². The van der Waals surface area contributed by atoms with Crippen molar-refractivity contribution in [3.8, 4) is 11.3 Å². The fraction of sp³-hybridized carbons (Fsp3) is 0.130. The highest BCUT2D eigenvalue weighted by molar-refractivity contribution is 8.18. The average Bonchev–Trinajstić information content (AvgIpc) is 3.28. The Labute approximate surface area is 180 Å². The number of hydrogen-bond donors (Lipinski definition) is 0. The fourth-order valence-corrected chi connectivity index (χ4v) is 4.10. The van der Waals surface area contributed by atoms with E-state index < -0.39 is 22.9 Å². The van der Waals surface area contributed by atoms with Gasteiger partial charge < -0.3 is 4.42 Å². The van der Waals surface area contributed by atoms with Crippen molar-refractivity contribution in [1.29, 1.82) is 0 Å². The number of carbonyl (C=O) groups excluding carboxylic acids is 2. The Hall–Kier alpha value is -3.26. The molecule has 0 saturated carbocycles. The molecule has 1 aromatic heterocycles. The third-order valence-corrected chi connectivity index (χ3v) is 5.60. The molecule has 0 spiro atoms. The van der Waals surface area contributed by atoms with Gasteiger partial charge in [0.2, 0.25) is 0 Å². The summed E-state index contributed by atoms with van der Waals surface area (Å²) in [6, 6.07) is 15.5. The zero-order chi connectivity index (χ0) is 22.2. The summed E-state index contributed by atoms with van der Waals surface area (Å²) < 4.78 is 45.3. The second-order valence-corrected chi connectivity index (χ2v) is 8.00. The maximum Gasteiger partial charge on any atom is 0.417 e. The summed E-state index contributed by atoms with van der Waals surface area (Å²) >= 11 is 0.771. The van der Waals surface area contributed by atoms with Crippen molar-refractivity contribution < 1.29 is 27.2 Å². The van der Waals surface area contributed by atoms with E-state index in [1.807, 2.05) is 31.2 Å². The molecule has 1 aliphatic rings. The van der Waals surface area contributed by atoms with Crippen LogP contribution in [0.25, 0.3) is 17.4 Å². The molecule has 8 heteroatoms. The molecule has 1 fully saturated rings. The molecule has 0 N–H and O–H groups in total. The van der Waals surface area contributed by atoms with Gasteiger partial charge in [-0.1, -0.05) is 48.0 Å². The van der Waals surface area contributed by atoms with Gasteiger partial charge in [0.1, 0.15) is 11.5 Å². The Balaban J connectivity index is 1.58. The number of hydrogen-bond acceptors (Lipinski definition) is 4. The summed E-state index contributed by atoms with van der Waals surface area (Å²) in [5.41, 5.74) is 0.937. The molecule has 2 aromatic carbocycles. The molecule has 4 rings (SSSR count). The van der Waals surface area contributed by atoms with Crippen molar-refractivity contribution in [2.45, 2.75) is 19.6 Å². The minimum Gasteiger partial charge on any atom is -0.457 e. The van der Waals surface area contributed by atoms with Gasteiger partial charge in [0.25, 0.3) is 11.1 Å². The predicted molar refractivity (Wildman–Crippen MR) is 112 cm³/mol. The fourth-order valence-electron chi connectivity index (χ4n) is 3.28. The number of aryl methyl sites for hydroxylation is 1. The Morgan fingerprint density at radius 2 is 1.81 bits per heavy atom. The van der Waals surface area contributed by atoms with Gasteiger partial charge in [0.15, 0.2) is 0 Å². The Kier molecular flexibility index (Phi) is 5.49. The Bertz CT molecular complexity index is 1200. The van der Waals surface area contributed by atoms with Gasteiger partial charge >= 0.3 is 6.18 Å². The van der Waals surface area contributed by atoms with Gasteiger partial charge in [0.05, 0.1) is 17.0 Å². The third-order valence-electron chi connectivity index (χ3n) is 4.69. The second kappa shape index (κ2) is 8.11. The first-order chi connectivity index (χ1) is 14.7. The maximum absolute atomic E-state index is 13.3. The molecule has 158 valence electrons. The van der Waals surface area contributed by atoms with E-state index in [9.17, 15) is 22.8 Å². The zero-order valence-electron chi connectivity index (χ0n) is 16.3. The highest BCUT2D eigenvalue weighted by atomic mass is 32.2. The highest BCUT2D eigenvalue weighted by Crippen LogP contribution is 2.38. The number of halogens is 3. The van der Waals surface area contributed by atoms with Crippen LogP contribution >= 0.6 is 11.8 Å². The Morgan fingerprint density at radius 1 is 1.03 bits per heavy atom. The molecule has 0 bridgehead atoms. The topological polar surface area (TPSA) is 50.5 Å². The highest BCUT2D eigenvalue weighted by Gasteiger charge is 2.36. The molecule has 0 unspecified atom stereocenters. The summed E-state index contributed by atoms with van der Waals surface area (Å²) in [5.74, 6) is -0.253. The van der Waals surface area contributed by atoms with Crippen molar-refractivity contribution in [1.82, 2.24) is 4.90 Å². The van der Waals surface area contributed by atoms with E-state index in [1.165, 1.54) is 36.4 Å². The first-order valence-corrected chi connectivity index (χ1v) is 10.1. The molecule has 1 saturated heterocycles. The van der Waals surface area contributed by atoms with Gasteiger partial charge in [-0.3, -0.25) is 14.5 Å². The molecule has 1 aliphatic heterocycles. The predicted octanol–water partition coefficient (Wildman–Crippen LogP) is 6.51. The lowest BCUT2D eigenvalue weighted by atomic mass is 10.1. The molecule has 2 amide bonds. The van der Waals surface area contributed by atoms with E-state index in [0.29, 0.717) is 0 Å². The minimum absolute atomic E-state index is 0.0261. The molecule has 0 atom stereocenters. The normalized spacial score (nSPS) is 15.9. The number of furan rings is 1. The SMILES string of the molecule is Cc1cccc(CN2C(=O)S/C(=C\c3ccc(-c4ccccc4C(F)(F)F)o3)C2=O)c1. The lowest BCUT2D eigenvalue weighted by Gasteiger charge is -2.12. The number of carbonyl (C=O) groups is 2. The van der Waals surface area contributed by atoms with Crippen LogP contribution in [0.15, 0.2) is 70.0 Å². The molecule has 0 radical (unpaired) electrons. The maximum atomic E-state index is 13.3. The largest absolute Gasteiger partial charge is 0.457 e. The number of rotatable bonds is 4. The number of amides is 2. The summed E-state index contributed by atoms with van der Waals surface area (Å²) in [4.78, 5) is 26.3. The summed E-state index contributed by atoms with van der Waals surface area (Å²) in [7, 11) is 0. The van der Waals surface area contributed by atoms with E-state index in [2.05, 4.69) is 0 Å². The van der Waals surface area contributed by atoms with Crippen LogP contribution in [0.3, 0.4) is 0 Å². The third kappa shape index (κ3) is 4.44. The first kappa shape index (κ1) is 21.0. The summed E-state index contributed by atoms with van der Waals surface area (Å²) in [5, 5.41) is -0.410. The minimum atomic E-state index is -4.53. The molecule has 4 nitrogen and oxygen atoms in total. The zero-order valence-corrected chi connectivity index (χ0v) is 17.1. The number of benzene rings is 2. The molecule has 31 heavy (non-hydrogen) atoms. The van der Waals surface area contributed by atoms with Crippen LogP contribution in [0.2, 0.25) is 0 Å². The molecule has 3 aromatic rings. The average molecular weight is 443 g/mol. The van der Waals surface area contributed by atoms with Crippen LogP contribution in [-0.2, 0) is 17.5 Å². The second-order valence-electron chi connectivity index (χ2n) is 7.00. The summed E-state index contributed by atoms with van der Waals surface area (Å²) in [6.07, 6.45) is -3.15. The number of nitrogens with zero attached hydrogens (tertiary/aromatic N) is 1. The van der Waals surface area contributed by atoms with Crippen molar-refractivity contribution in [2.75, 3.05) is 0 Å². The van der Waals surface area contributed by atoms with Crippen molar-refractivity contribution in [2.24, 2.45) is 0 Å².